The second-order valence-corrected chi connectivity index (χ2v) is 7.72. The van der Waals surface area contributed by atoms with Crippen LogP contribution in [0.2, 0.25) is 20.5 Å². The normalized spacial score (nSPS) is 11.5. The minimum atomic E-state index is -4.07. The van der Waals surface area contributed by atoms with Gasteiger partial charge in [-0.25, -0.2) is 13.4 Å². The van der Waals surface area contributed by atoms with Gasteiger partial charge in [-0.3, -0.25) is 4.72 Å². The fraction of sp³-hybridized carbons (Fsp3) is 0. The molecule has 0 atom stereocenters. The summed E-state index contributed by atoms with van der Waals surface area (Å²) in [6, 6.07) is 4.01. The highest BCUT2D eigenvalue weighted by Gasteiger charge is 2.23. The van der Waals surface area contributed by atoms with Crippen LogP contribution in [0.25, 0.3) is 0 Å². The van der Waals surface area contributed by atoms with Gasteiger partial charge in [0.05, 0.1) is 10.0 Å². The number of hydrogen-bond acceptors (Lipinski definition) is 4. The Bertz CT molecular complexity index is 773. The van der Waals surface area contributed by atoms with Gasteiger partial charge in [-0.1, -0.05) is 50.7 Å². The molecule has 112 valence electrons. The fourth-order valence-electron chi connectivity index (χ4n) is 1.42. The first-order chi connectivity index (χ1) is 9.69. The molecular formula is C10H4BrCl4N3O2S. The van der Waals surface area contributed by atoms with Crippen LogP contribution >= 0.6 is 62.3 Å². The first-order valence-corrected chi connectivity index (χ1v) is 8.85. The van der Waals surface area contributed by atoms with Gasteiger partial charge in [-0.05, 0) is 23.7 Å². The number of anilines is 1. The zero-order valence-corrected chi connectivity index (χ0v) is 15.2. The van der Waals surface area contributed by atoms with E-state index in [1.807, 2.05) is 0 Å². The molecule has 1 aromatic carbocycles. The highest BCUT2D eigenvalue weighted by molar-refractivity contribution is 9.10. The average Bonchev–Trinajstić information content (AvgIpc) is 2.23. The summed E-state index contributed by atoms with van der Waals surface area (Å²) >= 11 is 26.3. The smallest absolute Gasteiger partial charge is 0.263 e. The quantitative estimate of drug-likeness (QED) is 0.544. The summed E-state index contributed by atoms with van der Waals surface area (Å²) in [5, 5.41) is -0.310. The van der Waals surface area contributed by atoms with E-state index in [2.05, 4.69) is 30.6 Å². The topological polar surface area (TPSA) is 72.0 Å². The third kappa shape index (κ3) is 4.12. The Balaban J connectivity index is 2.48. The van der Waals surface area contributed by atoms with Gasteiger partial charge in [0.1, 0.15) is 15.9 Å². The third-order valence-corrected chi connectivity index (χ3v) is 5.23. The van der Waals surface area contributed by atoms with Crippen molar-refractivity contribution >= 4 is 78.2 Å². The second kappa shape index (κ2) is 6.44. The minimum absolute atomic E-state index is 0.0132. The van der Waals surface area contributed by atoms with Crippen molar-refractivity contribution in [2.24, 2.45) is 0 Å². The van der Waals surface area contributed by atoms with E-state index >= 15 is 0 Å². The summed E-state index contributed by atoms with van der Waals surface area (Å²) < 4.78 is 27.4. The Kier molecular flexibility index (Phi) is 5.23. The van der Waals surface area contributed by atoms with Gasteiger partial charge < -0.3 is 0 Å². The molecule has 11 heteroatoms. The molecule has 0 saturated heterocycles. The van der Waals surface area contributed by atoms with Crippen molar-refractivity contribution in [2.45, 2.75) is 4.90 Å². The van der Waals surface area contributed by atoms with Crippen molar-refractivity contribution in [3.05, 3.63) is 43.2 Å². The molecule has 0 aliphatic rings. The molecule has 2 aromatic rings. The molecule has 1 heterocycles. The van der Waals surface area contributed by atoms with E-state index in [0.717, 1.165) is 0 Å². The van der Waals surface area contributed by atoms with Crippen LogP contribution in [0.4, 0.5) is 5.82 Å². The van der Waals surface area contributed by atoms with Crippen molar-refractivity contribution < 1.29 is 8.42 Å². The summed E-state index contributed by atoms with van der Waals surface area (Å²) in [5.74, 6) is -0.102. The highest BCUT2D eigenvalue weighted by Crippen LogP contribution is 2.33. The standard InChI is InChI=1S/C10H4BrCl4N3O2S/c11-4-1-5(12)9(6(13)2-4)21(19,20)18-8-3-7(14)16-10(15)17-8/h1-3H,(H,16,17,18). The second-order valence-electron chi connectivity index (χ2n) is 3.65. The van der Waals surface area contributed by atoms with Gasteiger partial charge in [0.2, 0.25) is 5.28 Å². The number of hydrogen-bond donors (Lipinski definition) is 1. The maximum Gasteiger partial charge on any atom is 0.266 e. The molecule has 0 aliphatic heterocycles. The molecule has 0 bridgehead atoms. The molecular weight excluding hydrogens is 448 g/mol. The molecule has 0 spiro atoms. The fourth-order valence-corrected chi connectivity index (χ4v) is 4.76. The summed E-state index contributed by atoms with van der Waals surface area (Å²) in [5.41, 5.74) is 0. The summed E-state index contributed by atoms with van der Waals surface area (Å²) in [4.78, 5) is 7.04. The minimum Gasteiger partial charge on any atom is -0.263 e. The van der Waals surface area contributed by atoms with Crippen molar-refractivity contribution in [2.75, 3.05) is 4.72 Å². The lowest BCUT2D eigenvalue weighted by molar-refractivity contribution is 0.601. The Morgan fingerprint density at radius 3 is 2.10 bits per heavy atom. The molecule has 0 unspecified atom stereocenters. The van der Waals surface area contributed by atoms with Crippen molar-refractivity contribution in [3.63, 3.8) is 0 Å². The monoisotopic (exact) mass is 449 g/mol. The van der Waals surface area contributed by atoms with Gasteiger partial charge in [0.25, 0.3) is 10.0 Å². The number of rotatable bonds is 3. The van der Waals surface area contributed by atoms with Crippen LogP contribution in [0.3, 0.4) is 0 Å². The lowest BCUT2D eigenvalue weighted by Gasteiger charge is -2.11. The van der Waals surface area contributed by atoms with Crippen LogP contribution in [0.15, 0.2) is 27.6 Å². The molecule has 0 fully saturated rings. The Hall–Kier alpha value is -0.310. The maximum absolute atomic E-state index is 12.3. The molecule has 0 amide bonds. The molecule has 1 N–H and O–H groups in total. The van der Waals surface area contributed by atoms with Crippen LogP contribution in [-0.4, -0.2) is 18.4 Å². The van der Waals surface area contributed by atoms with E-state index in [1.165, 1.54) is 18.2 Å². The predicted octanol–water partition coefficient (Wildman–Crippen LogP) is 4.65. The van der Waals surface area contributed by atoms with Crippen molar-refractivity contribution in [1.29, 1.82) is 0 Å². The number of sulfonamides is 1. The van der Waals surface area contributed by atoms with E-state index < -0.39 is 10.0 Å². The molecule has 0 saturated carbocycles. The summed E-state index contributed by atoms with van der Waals surface area (Å²) in [7, 11) is -4.07. The average molecular weight is 452 g/mol. The van der Waals surface area contributed by atoms with Crippen LogP contribution in [-0.2, 0) is 10.0 Å². The van der Waals surface area contributed by atoms with Crippen LogP contribution < -0.4 is 4.72 Å². The van der Waals surface area contributed by atoms with Gasteiger partial charge >= 0.3 is 0 Å². The molecule has 21 heavy (non-hydrogen) atoms. The van der Waals surface area contributed by atoms with Crippen LogP contribution in [0.5, 0.6) is 0 Å². The van der Waals surface area contributed by atoms with Gasteiger partial charge in [-0.15, -0.1) is 0 Å². The van der Waals surface area contributed by atoms with Crippen LogP contribution in [0.1, 0.15) is 0 Å². The Morgan fingerprint density at radius 1 is 1.00 bits per heavy atom. The van der Waals surface area contributed by atoms with Crippen molar-refractivity contribution in [3.8, 4) is 0 Å². The Labute approximate surface area is 148 Å². The molecule has 2 rings (SSSR count). The molecule has 0 radical (unpaired) electrons. The summed E-state index contributed by atoms with van der Waals surface area (Å²) in [6.45, 7) is 0. The van der Waals surface area contributed by atoms with Gasteiger partial charge in [0.15, 0.2) is 0 Å². The largest absolute Gasteiger partial charge is 0.266 e. The zero-order valence-electron chi connectivity index (χ0n) is 9.74. The van der Waals surface area contributed by atoms with Crippen molar-refractivity contribution in [1.82, 2.24) is 9.97 Å². The number of benzene rings is 1. The highest BCUT2D eigenvalue weighted by atomic mass is 79.9. The SMILES string of the molecule is O=S(=O)(Nc1cc(Cl)nc(Cl)n1)c1c(Cl)cc(Br)cc1Cl. The van der Waals surface area contributed by atoms with Crippen LogP contribution in [0, 0.1) is 0 Å². The number of nitrogens with zero attached hydrogens (tertiary/aromatic N) is 2. The number of aromatic nitrogens is 2. The van der Waals surface area contributed by atoms with Gasteiger partial charge in [-0.2, -0.15) is 4.98 Å². The zero-order chi connectivity index (χ0) is 15.8. The maximum atomic E-state index is 12.3. The van der Waals surface area contributed by atoms with E-state index in [-0.39, 0.29) is 31.2 Å². The van der Waals surface area contributed by atoms with E-state index in [4.69, 9.17) is 46.4 Å². The summed E-state index contributed by atoms with van der Waals surface area (Å²) in [6.07, 6.45) is 0. The number of halogens is 5. The van der Waals surface area contributed by atoms with E-state index in [1.54, 1.807) is 0 Å². The third-order valence-electron chi connectivity index (χ3n) is 2.14. The molecule has 5 nitrogen and oxygen atoms in total. The Morgan fingerprint density at radius 2 is 1.57 bits per heavy atom. The lowest BCUT2D eigenvalue weighted by Crippen LogP contribution is -2.15. The van der Waals surface area contributed by atoms with E-state index in [9.17, 15) is 8.42 Å². The molecule has 0 aliphatic carbocycles. The molecule has 1 aromatic heterocycles. The predicted molar refractivity (Wildman–Crippen MR) is 87.0 cm³/mol. The van der Waals surface area contributed by atoms with Gasteiger partial charge in [0, 0.05) is 10.5 Å². The van der Waals surface area contributed by atoms with E-state index in [0.29, 0.717) is 4.47 Å². The lowest BCUT2D eigenvalue weighted by atomic mass is 10.4. The first-order valence-electron chi connectivity index (χ1n) is 5.06. The first kappa shape index (κ1) is 17.1. The number of nitrogens with one attached hydrogen (secondary N) is 1.